The van der Waals surface area contributed by atoms with Gasteiger partial charge in [-0.25, -0.2) is 0 Å². The van der Waals surface area contributed by atoms with E-state index in [9.17, 15) is 0 Å². The van der Waals surface area contributed by atoms with E-state index in [1.165, 1.54) is 6.21 Å². The Kier molecular flexibility index (Phi) is 5.97. The smallest absolute Gasteiger partial charge is 0.313 e. The highest BCUT2D eigenvalue weighted by molar-refractivity contribution is 5.54. The van der Waals surface area contributed by atoms with Crippen LogP contribution >= 0.6 is 0 Å². The monoisotopic (exact) mass is 144 g/mol. The van der Waals surface area contributed by atoms with Crippen molar-refractivity contribution < 1.29 is 14.3 Å². The summed E-state index contributed by atoms with van der Waals surface area (Å²) in [5, 5.41) is 0. The highest BCUT2D eigenvalue weighted by atomic mass is 16.7. The van der Waals surface area contributed by atoms with Gasteiger partial charge in [-0.05, 0) is 13.8 Å². The predicted molar refractivity (Wildman–Crippen MR) is 36.7 cm³/mol. The number of hydrogen-bond acceptors (Lipinski definition) is 2. The normalized spacial score (nSPS) is 9.50. The average Bonchev–Trinajstić information content (AvgIpc) is 1.90. The lowest BCUT2D eigenvalue weighted by Crippen LogP contribution is -2.18. The molecule has 0 amide bonds. The van der Waals surface area contributed by atoms with Crippen molar-refractivity contribution in [1.29, 1.82) is 0 Å². The fraction of sp³-hybridized carbons (Fsp3) is 0.833. The molecular formula is C6H12N2O2. The fourth-order valence-electron chi connectivity index (χ4n) is 0.517. The molecular weight excluding hydrogens is 132 g/mol. The van der Waals surface area contributed by atoms with Crippen LogP contribution in [-0.2, 0) is 9.47 Å². The van der Waals surface area contributed by atoms with Crippen LogP contribution in [0.25, 0.3) is 5.53 Å². The van der Waals surface area contributed by atoms with E-state index in [2.05, 4.69) is 4.79 Å². The van der Waals surface area contributed by atoms with Crippen molar-refractivity contribution in [3.63, 3.8) is 0 Å². The topological polar surface area (TPSA) is 54.9 Å². The summed E-state index contributed by atoms with van der Waals surface area (Å²) < 4.78 is 9.98. The summed E-state index contributed by atoms with van der Waals surface area (Å²) >= 11 is 0. The molecule has 0 fully saturated rings. The van der Waals surface area contributed by atoms with Gasteiger partial charge in [0.15, 0.2) is 0 Å². The van der Waals surface area contributed by atoms with Gasteiger partial charge in [0.25, 0.3) is 6.29 Å². The molecule has 58 valence electrons. The third-order valence-electron chi connectivity index (χ3n) is 0.850. The molecule has 0 heterocycles. The predicted octanol–water partition coefficient (Wildman–Crippen LogP) is 0.686. The number of nitrogens with zero attached hydrogens (tertiary/aromatic N) is 2. The second-order valence-electron chi connectivity index (χ2n) is 1.54. The molecule has 0 radical (unpaired) electrons. The van der Waals surface area contributed by atoms with E-state index >= 15 is 0 Å². The summed E-state index contributed by atoms with van der Waals surface area (Å²) in [4.78, 5) is 2.80. The maximum absolute atomic E-state index is 8.10. The van der Waals surface area contributed by atoms with E-state index in [4.69, 9.17) is 15.0 Å². The molecule has 0 unspecified atom stereocenters. The maximum atomic E-state index is 8.10. The van der Waals surface area contributed by atoms with Crippen LogP contribution in [0.15, 0.2) is 0 Å². The summed E-state index contributed by atoms with van der Waals surface area (Å²) in [6.07, 6.45) is 0.687. The SMILES string of the molecule is CCOC(C=[N+]=[N-])OCC. The molecule has 0 saturated carbocycles. The molecule has 10 heavy (non-hydrogen) atoms. The fourth-order valence-corrected chi connectivity index (χ4v) is 0.517. The van der Waals surface area contributed by atoms with Gasteiger partial charge in [-0.1, -0.05) is 0 Å². The first-order valence-corrected chi connectivity index (χ1v) is 3.25. The Morgan fingerprint density at radius 1 is 1.40 bits per heavy atom. The molecule has 4 nitrogen and oxygen atoms in total. The molecule has 0 atom stereocenters. The first-order valence-electron chi connectivity index (χ1n) is 3.25. The van der Waals surface area contributed by atoms with Crippen LogP contribution in [0.3, 0.4) is 0 Å². The molecule has 0 N–H and O–H groups in total. The van der Waals surface area contributed by atoms with Gasteiger partial charge in [0.2, 0.25) is 0 Å². The van der Waals surface area contributed by atoms with Crippen molar-refractivity contribution >= 4 is 6.21 Å². The molecule has 0 aliphatic heterocycles. The third-order valence-corrected chi connectivity index (χ3v) is 0.850. The Balaban J connectivity index is 3.60. The molecule has 0 aliphatic rings. The Morgan fingerprint density at radius 3 is 2.20 bits per heavy atom. The van der Waals surface area contributed by atoms with Crippen molar-refractivity contribution in [3.8, 4) is 0 Å². The molecule has 0 rings (SSSR count). The van der Waals surface area contributed by atoms with Gasteiger partial charge in [0.05, 0.1) is 0 Å². The highest BCUT2D eigenvalue weighted by Gasteiger charge is 2.06. The first kappa shape index (κ1) is 9.30. The summed E-state index contributed by atoms with van der Waals surface area (Å²) in [7, 11) is 0. The Bertz CT molecular complexity index is 115. The number of ether oxygens (including phenoxy) is 2. The van der Waals surface area contributed by atoms with Crippen LogP contribution in [-0.4, -0.2) is 30.5 Å². The molecule has 0 aromatic rings. The quantitative estimate of drug-likeness (QED) is 0.246. The minimum atomic E-state index is -0.514. The van der Waals surface area contributed by atoms with Gasteiger partial charge >= 0.3 is 6.21 Å². The van der Waals surface area contributed by atoms with Gasteiger partial charge in [0.1, 0.15) is 0 Å². The molecule has 4 heteroatoms. The van der Waals surface area contributed by atoms with Crippen LogP contribution in [0.4, 0.5) is 0 Å². The van der Waals surface area contributed by atoms with Gasteiger partial charge < -0.3 is 15.0 Å². The van der Waals surface area contributed by atoms with Crippen molar-refractivity contribution in [1.82, 2.24) is 0 Å². The van der Waals surface area contributed by atoms with E-state index in [-0.39, 0.29) is 0 Å². The van der Waals surface area contributed by atoms with Gasteiger partial charge in [-0.2, -0.15) is 4.79 Å². The average molecular weight is 144 g/mol. The van der Waals surface area contributed by atoms with Gasteiger partial charge in [0, 0.05) is 13.2 Å². The Labute approximate surface area is 60.4 Å². The lowest BCUT2D eigenvalue weighted by atomic mass is 10.6. The Morgan fingerprint density at radius 2 is 1.90 bits per heavy atom. The number of hydrogen-bond donors (Lipinski definition) is 0. The van der Waals surface area contributed by atoms with Crippen LogP contribution in [0.5, 0.6) is 0 Å². The summed E-state index contributed by atoms with van der Waals surface area (Å²) in [5.74, 6) is 0. The first-order chi connectivity index (χ1) is 4.85. The minimum Gasteiger partial charge on any atom is -0.362 e. The number of rotatable bonds is 5. The van der Waals surface area contributed by atoms with Gasteiger partial charge in [-0.15, -0.1) is 0 Å². The van der Waals surface area contributed by atoms with Crippen molar-refractivity contribution in [2.45, 2.75) is 20.1 Å². The zero-order valence-corrected chi connectivity index (χ0v) is 6.28. The standard InChI is InChI=1S/C6H12N2O2/c1-3-9-6(5-8-7)10-4-2/h5-6H,3-4H2,1-2H3. The molecule has 0 spiro atoms. The maximum Gasteiger partial charge on any atom is 0.313 e. The summed E-state index contributed by atoms with van der Waals surface area (Å²) in [5.41, 5.74) is 8.10. The zero-order chi connectivity index (χ0) is 7.82. The minimum absolute atomic E-state index is 0.514. The van der Waals surface area contributed by atoms with E-state index in [1.54, 1.807) is 0 Å². The molecule has 0 aliphatic carbocycles. The largest absolute Gasteiger partial charge is 0.362 e. The molecule has 0 aromatic carbocycles. The van der Waals surface area contributed by atoms with E-state index < -0.39 is 6.29 Å². The lowest BCUT2D eigenvalue weighted by Gasteiger charge is -2.06. The molecule has 0 saturated heterocycles. The molecule has 0 bridgehead atoms. The summed E-state index contributed by atoms with van der Waals surface area (Å²) in [6, 6.07) is 0. The zero-order valence-electron chi connectivity index (χ0n) is 6.28. The van der Waals surface area contributed by atoms with Crippen molar-refractivity contribution in [2.24, 2.45) is 0 Å². The van der Waals surface area contributed by atoms with E-state index in [1.807, 2.05) is 13.8 Å². The van der Waals surface area contributed by atoms with Crippen molar-refractivity contribution in [3.05, 3.63) is 5.53 Å². The van der Waals surface area contributed by atoms with Crippen molar-refractivity contribution in [2.75, 3.05) is 13.2 Å². The van der Waals surface area contributed by atoms with Crippen LogP contribution in [0, 0.1) is 0 Å². The second kappa shape index (κ2) is 6.42. The molecule has 0 aromatic heterocycles. The second-order valence-corrected chi connectivity index (χ2v) is 1.54. The van der Waals surface area contributed by atoms with Gasteiger partial charge in [-0.3, -0.25) is 0 Å². The van der Waals surface area contributed by atoms with Crippen LogP contribution < -0.4 is 0 Å². The third kappa shape index (κ3) is 4.21. The lowest BCUT2D eigenvalue weighted by molar-refractivity contribution is -0.114. The van der Waals surface area contributed by atoms with Crippen LogP contribution in [0.2, 0.25) is 0 Å². The van der Waals surface area contributed by atoms with E-state index in [0.717, 1.165) is 0 Å². The highest BCUT2D eigenvalue weighted by Crippen LogP contribution is 1.88. The van der Waals surface area contributed by atoms with E-state index in [0.29, 0.717) is 13.2 Å². The Hall–Kier alpha value is -0.700. The summed E-state index contributed by atoms with van der Waals surface area (Å²) in [6.45, 7) is 4.77. The van der Waals surface area contributed by atoms with Crippen LogP contribution in [0.1, 0.15) is 13.8 Å².